The van der Waals surface area contributed by atoms with Gasteiger partial charge < -0.3 is 4.74 Å². The number of hydrogen-bond acceptors (Lipinski definition) is 6. The van der Waals surface area contributed by atoms with E-state index in [2.05, 4.69) is 10.4 Å². The number of nitrogens with one attached hydrogen (secondary N) is 1. The lowest BCUT2D eigenvalue weighted by Crippen LogP contribution is -2.56. The number of amides is 2. The van der Waals surface area contributed by atoms with Gasteiger partial charge in [0.05, 0.1) is 10.5 Å². The third kappa shape index (κ3) is 5.64. The SMILES string of the molecule is CC(C)(C)N(NC(=O)c1cc(Cl)ccc1[N+](=O)[O-])C(=O)c1cccnc1Oc1ccccc1. The number of hydrazine groups is 1. The molecule has 170 valence electrons. The number of halogens is 1. The molecule has 33 heavy (non-hydrogen) atoms. The van der Waals surface area contributed by atoms with Gasteiger partial charge in [0, 0.05) is 17.3 Å². The summed E-state index contributed by atoms with van der Waals surface area (Å²) in [5.74, 6) is -0.946. The Morgan fingerprint density at radius 1 is 1.06 bits per heavy atom. The fourth-order valence-corrected chi connectivity index (χ4v) is 3.06. The number of aromatic nitrogens is 1. The molecule has 0 aliphatic heterocycles. The van der Waals surface area contributed by atoms with E-state index in [1.54, 1.807) is 51.1 Å². The first kappa shape index (κ1) is 23.7. The van der Waals surface area contributed by atoms with Crippen LogP contribution >= 0.6 is 11.6 Å². The first-order valence-corrected chi connectivity index (χ1v) is 10.2. The first-order valence-electron chi connectivity index (χ1n) is 9.85. The fraction of sp³-hybridized carbons (Fsp3) is 0.174. The van der Waals surface area contributed by atoms with Crippen LogP contribution in [0.5, 0.6) is 11.6 Å². The van der Waals surface area contributed by atoms with Gasteiger partial charge in [-0.05, 0) is 57.2 Å². The molecule has 3 aromatic rings. The first-order chi connectivity index (χ1) is 15.6. The molecule has 1 heterocycles. The molecule has 0 spiro atoms. The van der Waals surface area contributed by atoms with Crippen LogP contribution in [0.4, 0.5) is 5.69 Å². The summed E-state index contributed by atoms with van der Waals surface area (Å²) < 4.78 is 5.77. The molecular weight excluding hydrogens is 448 g/mol. The van der Waals surface area contributed by atoms with Crippen molar-refractivity contribution >= 4 is 29.1 Å². The van der Waals surface area contributed by atoms with Gasteiger partial charge in [0.2, 0.25) is 5.88 Å². The number of nitrogens with zero attached hydrogens (tertiary/aromatic N) is 3. The molecule has 0 saturated carbocycles. The predicted molar refractivity (Wildman–Crippen MR) is 122 cm³/mol. The summed E-state index contributed by atoms with van der Waals surface area (Å²) >= 11 is 5.94. The number of ether oxygens (including phenoxy) is 1. The van der Waals surface area contributed by atoms with Gasteiger partial charge in [-0.1, -0.05) is 29.8 Å². The van der Waals surface area contributed by atoms with Gasteiger partial charge in [0.15, 0.2) is 0 Å². The Labute approximate surface area is 195 Å². The molecule has 2 amide bonds. The van der Waals surface area contributed by atoms with Crippen molar-refractivity contribution in [2.45, 2.75) is 26.3 Å². The quantitative estimate of drug-likeness (QED) is 0.415. The number of rotatable bonds is 5. The Kier molecular flexibility index (Phi) is 6.93. The van der Waals surface area contributed by atoms with E-state index in [9.17, 15) is 19.7 Å². The van der Waals surface area contributed by atoms with E-state index in [0.717, 1.165) is 11.1 Å². The molecule has 0 fully saturated rings. The van der Waals surface area contributed by atoms with E-state index >= 15 is 0 Å². The molecule has 9 nitrogen and oxygen atoms in total. The minimum atomic E-state index is -0.903. The lowest BCUT2D eigenvalue weighted by molar-refractivity contribution is -0.385. The van der Waals surface area contributed by atoms with Crippen LogP contribution in [-0.4, -0.2) is 32.3 Å². The van der Waals surface area contributed by atoms with Crippen LogP contribution in [0.15, 0.2) is 66.9 Å². The van der Waals surface area contributed by atoms with E-state index in [1.165, 1.54) is 24.4 Å². The zero-order valence-corrected chi connectivity index (χ0v) is 18.9. The molecule has 0 bridgehead atoms. The van der Waals surface area contributed by atoms with Crippen LogP contribution in [0.1, 0.15) is 41.5 Å². The number of hydrogen-bond donors (Lipinski definition) is 1. The maximum Gasteiger partial charge on any atom is 0.282 e. The summed E-state index contributed by atoms with van der Waals surface area (Å²) in [5.41, 5.74) is 0.962. The van der Waals surface area contributed by atoms with Crippen LogP contribution in [0.3, 0.4) is 0 Å². The average Bonchev–Trinajstić information content (AvgIpc) is 2.77. The van der Waals surface area contributed by atoms with Crippen molar-refractivity contribution < 1.29 is 19.2 Å². The van der Waals surface area contributed by atoms with Gasteiger partial charge >= 0.3 is 0 Å². The van der Waals surface area contributed by atoms with Crippen LogP contribution in [0.2, 0.25) is 5.02 Å². The monoisotopic (exact) mass is 468 g/mol. The Balaban J connectivity index is 1.96. The van der Waals surface area contributed by atoms with Gasteiger partial charge in [-0.3, -0.25) is 25.1 Å². The predicted octanol–water partition coefficient (Wildman–Crippen LogP) is 5.02. The normalized spacial score (nSPS) is 10.9. The van der Waals surface area contributed by atoms with Crippen molar-refractivity contribution in [3.8, 4) is 11.6 Å². The van der Waals surface area contributed by atoms with Gasteiger partial charge in [-0.25, -0.2) is 9.99 Å². The molecule has 1 N–H and O–H groups in total. The summed E-state index contributed by atoms with van der Waals surface area (Å²) in [6, 6.07) is 15.5. The third-order valence-corrected chi connectivity index (χ3v) is 4.68. The smallest absolute Gasteiger partial charge is 0.282 e. The summed E-state index contributed by atoms with van der Waals surface area (Å²) in [6.07, 6.45) is 1.48. The second kappa shape index (κ2) is 9.66. The maximum atomic E-state index is 13.5. The van der Waals surface area contributed by atoms with E-state index in [4.69, 9.17) is 16.3 Å². The Morgan fingerprint density at radius 3 is 2.39 bits per heavy atom. The Morgan fingerprint density at radius 2 is 1.76 bits per heavy atom. The molecule has 1 aromatic heterocycles. The third-order valence-electron chi connectivity index (χ3n) is 4.45. The number of benzene rings is 2. The zero-order chi connectivity index (χ0) is 24.2. The summed E-state index contributed by atoms with van der Waals surface area (Å²) in [6.45, 7) is 5.10. The van der Waals surface area contributed by atoms with Crippen molar-refractivity contribution in [1.82, 2.24) is 15.4 Å². The second-order valence-electron chi connectivity index (χ2n) is 7.94. The summed E-state index contributed by atoms with van der Waals surface area (Å²) in [7, 11) is 0. The number of pyridine rings is 1. The highest BCUT2D eigenvalue weighted by Crippen LogP contribution is 2.27. The molecule has 0 radical (unpaired) electrons. The molecule has 2 aromatic carbocycles. The lowest BCUT2D eigenvalue weighted by atomic mass is 10.1. The van der Waals surface area contributed by atoms with Crippen LogP contribution in [-0.2, 0) is 0 Å². The van der Waals surface area contributed by atoms with Crippen molar-refractivity contribution in [2.24, 2.45) is 0 Å². The number of carbonyl (C=O) groups is 2. The number of nitro benzene ring substituents is 1. The Bertz CT molecular complexity index is 1190. The molecule has 0 saturated heterocycles. The lowest BCUT2D eigenvalue weighted by Gasteiger charge is -2.35. The average molecular weight is 469 g/mol. The molecule has 0 aliphatic carbocycles. The molecular formula is C23H21ClN4O5. The largest absolute Gasteiger partial charge is 0.438 e. The fourth-order valence-electron chi connectivity index (χ4n) is 2.89. The maximum absolute atomic E-state index is 13.5. The number of carbonyl (C=O) groups excluding carboxylic acids is 2. The molecule has 3 rings (SSSR count). The van der Waals surface area contributed by atoms with Crippen LogP contribution in [0, 0.1) is 10.1 Å². The van der Waals surface area contributed by atoms with Crippen molar-refractivity contribution in [1.29, 1.82) is 0 Å². The highest BCUT2D eigenvalue weighted by molar-refractivity contribution is 6.31. The number of para-hydroxylation sites is 1. The van der Waals surface area contributed by atoms with Crippen molar-refractivity contribution in [3.63, 3.8) is 0 Å². The van der Waals surface area contributed by atoms with E-state index in [1.807, 2.05) is 6.07 Å². The standard InChI is InChI=1S/C23H21ClN4O5/c1-23(2,3)27(26-20(29)18-14-15(24)11-12-19(18)28(31)32)22(30)17-10-7-13-25-21(17)33-16-8-5-4-6-9-16/h4-14H,1-3H3,(H,26,29). The van der Waals surface area contributed by atoms with Crippen molar-refractivity contribution in [2.75, 3.05) is 0 Å². The zero-order valence-electron chi connectivity index (χ0n) is 18.1. The molecule has 10 heteroatoms. The van der Waals surface area contributed by atoms with Gasteiger partial charge in [0.1, 0.15) is 16.9 Å². The minimum Gasteiger partial charge on any atom is -0.438 e. The van der Waals surface area contributed by atoms with Gasteiger partial charge in [-0.2, -0.15) is 0 Å². The van der Waals surface area contributed by atoms with Gasteiger partial charge in [-0.15, -0.1) is 0 Å². The van der Waals surface area contributed by atoms with Crippen molar-refractivity contribution in [3.05, 3.63) is 93.1 Å². The van der Waals surface area contributed by atoms with Crippen LogP contribution in [0.25, 0.3) is 0 Å². The van der Waals surface area contributed by atoms with E-state index in [0.29, 0.717) is 5.75 Å². The summed E-state index contributed by atoms with van der Waals surface area (Å²) in [5, 5.41) is 12.6. The molecule has 0 unspecified atom stereocenters. The second-order valence-corrected chi connectivity index (χ2v) is 8.38. The topological polar surface area (TPSA) is 115 Å². The van der Waals surface area contributed by atoms with Gasteiger partial charge in [0.25, 0.3) is 17.5 Å². The van der Waals surface area contributed by atoms with Crippen LogP contribution < -0.4 is 10.2 Å². The minimum absolute atomic E-state index is 0.0472. The molecule has 0 aliphatic rings. The highest BCUT2D eigenvalue weighted by atomic mass is 35.5. The Hall–Kier alpha value is -3.98. The summed E-state index contributed by atoms with van der Waals surface area (Å²) in [4.78, 5) is 41.3. The van der Waals surface area contributed by atoms with E-state index in [-0.39, 0.29) is 22.0 Å². The molecule has 0 atom stereocenters. The number of nitro groups is 1. The van der Waals surface area contributed by atoms with E-state index < -0.39 is 28.0 Å². The highest BCUT2D eigenvalue weighted by Gasteiger charge is 2.33.